The Hall–Kier alpha value is -1.05. The van der Waals surface area contributed by atoms with E-state index >= 15 is 0 Å². The molecule has 0 saturated heterocycles. The van der Waals surface area contributed by atoms with Gasteiger partial charge in [-0.3, -0.25) is 4.99 Å². The largest absolute Gasteiger partial charge is 0.380 e. The summed E-state index contributed by atoms with van der Waals surface area (Å²) in [5.41, 5.74) is 0. The lowest BCUT2D eigenvalue weighted by molar-refractivity contribution is -0.114. The Morgan fingerprint density at radius 1 is 0.742 bits per heavy atom. The lowest BCUT2D eigenvalue weighted by Crippen LogP contribution is -2.18. The average Bonchev–Trinajstić information content (AvgIpc) is 2.56. The number of amidine groups is 1. The van der Waals surface area contributed by atoms with Crippen molar-refractivity contribution in [3.8, 4) is 0 Å². The molecule has 0 atom stereocenters. The van der Waals surface area contributed by atoms with E-state index in [-0.39, 0.29) is 42.9 Å². The van der Waals surface area contributed by atoms with Gasteiger partial charge in [0.2, 0.25) is 0 Å². The number of aliphatic imine (C=N–C) groups is 1. The summed E-state index contributed by atoms with van der Waals surface area (Å²) in [6.07, 6.45) is 1.23. The number of ketones is 1. The van der Waals surface area contributed by atoms with Crippen LogP contribution in [0.1, 0.15) is 98.9 Å². The van der Waals surface area contributed by atoms with E-state index < -0.39 is 0 Å². The van der Waals surface area contributed by atoms with Crippen molar-refractivity contribution in [2.75, 3.05) is 47.3 Å². The Labute approximate surface area is 206 Å². The van der Waals surface area contributed by atoms with Crippen LogP contribution in [0.4, 0.5) is 0 Å². The fourth-order valence-electron chi connectivity index (χ4n) is 0.834. The van der Waals surface area contributed by atoms with Crippen molar-refractivity contribution in [3.05, 3.63) is 0 Å². The Kier molecular flexibility index (Phi) is 143. The van der Waals surface area contributed by atoms with E-state index in [1.54, 1.807) is 7.05 Å². The van der Waals surface area contributed by atoms with Crippen molar-refractivity contribution < 1.29 is 4.79 Å². The van der Waals surface area contributed by atoms with E-state index in [1.807, 2.05) is 34.9 Å². The van der Waals surface area contributed by atoms with Crippen molar-refractivity contribution in [1.29, 1.82) is 0 Å². The number of hydrogen-bond donors (Lipinski definition) is 4. The van der Waals surface area contributed by atoms with Gasteiger partial charge in [-0.15, -0.1) is 0 Å². The molecular weight excluding hydrogens is 406 g/mol. The molecule has 0 aromatic carbocycles. The molecule has 0 unspecified atom stereocenters. The molecule has 0 aliphatic rings. The first-order valence-electron chi connectivity index (χ1n) is 9.32. The Bertz CT molecular complexity index is 292. The highest BCUT2D eigenvalue weighted by atomic mass is 32.1. The number of Topliss-reactive ketones (excluding diaryl/α,β-unsaturated/α-hetero) is 1. The second-order valence-electron chi connectivity index (χ2n) is 5.14. The lowest BCUT2D eigenvalue weighted by Gasteiger charge is -1.96. The van der Waals surface area contributed by atoms with Gasteiger partial charge in [-0.05, 0) is 75.1 Å². The minimum atomic E-state index is 0. The van der Waals surface area contributed by atoms with Gasteiger partial charge in [-0.25, -0.2) is 0 Å². The maximum atomic E-state index is 9.44. The molecule has 0 aliphatic carbocycles. The number of nitrogens with zero attached hydrogens (tertiary/aromatic N) is 1. The summed E-state index contributed by atoms with van der Waals surface area (Å²) in [6.45, 7) is 19.3. The van der Waals surface area contributed by atoms with E-state index in [0.29, 0.717) is 0 Å². The minimum Gasteiger partial charge on any atom is -0.380 e. The molecule has 0 aromatic heterocycles. The standard InChI is InChI=1S/C5H12N2.C4H9NS.C4H11N.C3H9N.C3H6O.5CH4/c1-4-7-5(2)6-3;1-3-5-4(2)6;1-3-4-5-2;1-3-4-2;1-3(2)4;;;;;/h4H2,1-3H3,(H,6,7);3H2,1-2H3,(H,5,6);5H,3-4H2,1-2H3;4H,3H2,1-2H3;1-2H3;5*1H4. The van der Waals surface area contributed by atoms with E-state index in [2.05, 4.69) is 59.2 Å². The fourth-order valence-corrected chi connectivity index (χ4v) is 0.978. The van der Waals surface area contributed by atoms with Gasteiger partial charge in [0.25, 0.3) is 0 Å². The molecule has 7 heteroatoms. The van der Waals surface area contributed by atoms with Gasteiger partial charge in [0.05, 0.1) is 10.8 Å². The van der Waals surface area contributed by atoms with Crippen molar-refractivity contribution in [1.82, 2.24) is 21.3 Å². The zero-order valence-corrected chi connectivity index (χ0v) is 20.1. The molecule has 0 bridgehead atoms. The van der Waals surface area contributed by atoms with Gasteiger partial charge < -0.3 is 26.1 Å². The molecule has 31 heavy (non-hydrogen) atoms. The zero-order chi connectivity index (χ0) is 21.8. The highest BCUT2D eigenvalue weighted by Gasteiger charge is 1.77. The summed E-state index contributed by atoms with van der Waals surface area (Å²) >= 11 is 4.68. The third-order valence-corrected chi connectivity index (χ3v) is 2.19. The number of nitrogens with one attached hydrogen (secondary N) is 4. The van der Waals surface area contributed by atoms with Crippen molar-refractivity contribution in [3.63, 3.8) is 0 Å². The van der Waals surface area contributed by atoms with Gasteiger partial charge in [-0.2, -0.15) is 0 Å². The van der Waals surface area contributed by atoms with Crippen molar-refractivity contribution in [2.24, 2.45) is 4.99 Å². The molecule has 0 heterocycles. The topological polar surface area (TPSA) is 77.6 Å². The van der Waals surface area contributed by atoms with Crippen LogP contribution in [-0.2, 0) is 4.79 Å². The molecule has 0 spiro atoms. The summed E-state index contributed by atoms with van der Waals surface area (Å²) in [6, 6.07) is 0. The van der Waals surface area contributed by atoms with Crippen LogP contribution in [0.25, 0.3) is 0 Å². The van der Waals surface area contributed by atoms with Crippen LogP contribution in [0, 0.1) is 0 Å². The van der Waals surface area contributed by atoms with Crippen molar-refractivity contribution in [2.45, 2.75) is 98.9 Å². The third-order valence-electron chi connectivity index (χ3n) is 2.05. The number of carbonyl (C=O) groups excluding carboxylic acids is 1. The van der Waals surface area contributed by atoms with E-state index in [0.717, 1.165) is 37.0 Å². The quantitative estimate of drug-likeness (QED) is 0.216. The van der Waals surface area contributed by atoms with Gasteiger partial charge in [0, 0.05) is 20.1 Å². The number of thiocarbonyl (C=S) groups is 1. The molecule has 0 saturated carbocycles. The van der Waals surface area contributed by atoms with E-state index in [4.69, 9.17) is 0 Å². The highest BCUT2D eigenvalue weighted by molar-refractivity contribution is 7.80. The van der Waals surface area contributed by atoms with E-state index in [9.17, 15) is 4.79 Å². The number of carbonyl (C=O) groups is 1. The second-order valence-corrected chi connectivity index (χ2v) is 5.76. The van der Waals surface area contributed by atoms with Crippen LogP contribution in [0.15, 0.2) is 4.99 Å². The summed E-state index contributed by atoms with van der Waals surface area (Å²) in [7, 11) is 5.67. The molecule has 0 amide bonds. The van der Waals surface area contributed by atoms with Crippen LogP contribution in [-0.4, -0.2) is 63.9 Å². The molecule has 0 rings (SSSR count). The van der Waals surface area contributed by atoms with E-state index in [1.165, 1.54) is 20.3 Å². The first-order valence-corrected chi connectivity index (χ1v) is 9.73. The zero-order valence-electron chi connectivity index (χ0n) is 19.3. The van der Waals surface area contributed by atoms with Crippen LogP contribution in [0.5, 0.6) is 0 Å². The van der Waals surface area contributed by atoms with Crippen molar-refractivity contribution >= 4 is 28.8 Å². The first kappa shape index (κ1) is 63.1. The summed E-state index contributed by atoms with van der Waals surface area (Å²) in [5, 5.41) is 11.9. The number of hydrogen-bond acceptors (Lipinski definition) is 5. The summed E-state index contributed by atoms with van der Waals surface area (Å²) in [5.74, 6) is 1.17. The van der Waals surface area contributed by atoms with Gasteiger partial charge in [0.1, 0.15) is 5.78 Å². The van der Waals surface area contributed by atoms with Gasteiger partial charge in [-0.1, -0.05) is 63.2 Å². The fraction of sp³-hybridized carbons (Fsp3) is 0.875. The highest BCUT2D eigenvalue weighted by Crippen LogP contribution is 1.64. The monoisotopic (exact) mass is 474 g/mol. The number of rotatable bonds is 5. The minimum absolute atomic E-state index is 0. The molecule has 0 aliphatic heterocycles. The Morgan fingerprint density at radius 2 is 1.06 bits per heavy atom. The third kappa shape index (κ3) is 212. The molecule has 6 nitrogen and oxygen atoms in total. The summed E-state index contributed by atoms with van der Waals surface area (Å²) < 4.78 is 0. The molecule has 200 valence electrons. The normalized spacial score (nSPS) is 7.26. The maximum Gasteiger partial charge on any atom is 0.126 e. The maximum absolute atomic E-state index is 9.44. The van der Waals surface area contributed by atoms with Gasteiger partial charge >= 0.3 is 0 Å². The predicted octanol–water partition coefficient (Wildman–Crippen LogP) is 6.20. The molecule has 0 radical (unpaired) electrons. The van der Waals surface area contributed by atoms with Gasteiger partial charge in [0.15, 0.2) is 0 Å². The molecular formula is C24H67N5OS. The smallest absolute Gasteiger partial charge is 0.126 e. The molecule has 0 aromatic rings. The summed E-state index contributed by atoms with van der Waals surface area (Å²) in [4.78, 5) is 14.2. The van der Waals surface area contributed by atoms with Crippen LogP contribution in [0.3, 0.4) is 0 Å². The first-order chi connectivity index (χ1) is 12.1. The molecule has 0 fully saturated rings. The SMILES string of the molecule is C.C.C.C.C.CC(C)=O.CCCNC.CCNC.CCNC(C)=NC.CCNC(C)=S. The predicted molar refractivity (Wildman–Crippen MR) is 158 cm³/mol. The second kappa shape index (κ2) is 70.2. The Morgan fingerprint density at radius 3 is 1.10 bits per heavy atom. The Balaban J connectivity index is -0.0000000217. The lowest BCUT2D eigenvalue weighted by atomic mass is 10.5. The van der Waals surface area contributed by atoms with Crippen LogP contribution >= 0.6 is 12.2 Å². The molecule has 4 N–H and O–H groups in total. The van der Waals surface area contributed by atoms with Crippen LogP contribution < -0.4 is 21.3 Å². The van der Waals surface area contributed by atoms with Crippen LogP contribution in [0.2, 0.25) is 0 Å². The average molecular weight is 474 g/mol.